The summed E-state index contributed by atoms with van der Waals surface area (Å²) in [6, 6.07) is 6.21. The lowest BCUT2D eigenvalue weighted by atomic mass is 9.66. The number of ether oxygens (including phenoxy) is 2. The molecule has 3 aliphatic rings. The number of benzene rings is 1. The van der Waals surface area contributed by atoms with Crippen molar-refractivity contribution in [3.8, 4) is 0 Å². The van der Waals surface area contributed by atoms with Crippen LogP contribution in [0, 0.1) is 17.8 Å². The molecule has 1 aromatic carbocycles. The Balaban J connectivity index is 1.77. The summed E-state index contributed by atoms with van der Waals surface area (Å²) in [4.78, 5) is 48.4. The summed E-state index contributed by atoms with van der Waals surface area (Å²) in [5.41, 5.74) is -0.404. The number of likely N-dealkylation sites (tertiary alicyclic amines) is 1. The monoisotopic (exact) mass is 609 g/mol. The Bertz CT molecular complexity index is 1210. The summed E-state index contributed by atoms with van der Waals surface area (Å²) in [5.74, 6) is -2.65. The average Bonchev–Trinajstić information content (AvgIpc) is 3.58. The first-order valence-electron chi connectivity index (χ1n) is 16.2. The molecule has 1 N–H and O–H groups in total. The number of allylic oxidation sites excluding steroid dienone is 1. The topological polar surface area (TPSA) is 99.6 Å². The smallest absolute Gasteiger partial charge is 0.312 e. The Kier molecular flexibility index (Phi) is 10.6. The van der Waals surface area contributed by atoms with Crippen LogP contribution in [0.15, 0.2) is 49.6 Å². The number of carbonyl (C=O) groups is 3. The van der Waals surface area contributed by atoms with E-state index in [-0.39, 0.29) is 37.5 Å². The van der Waals surface area contributed by atoms with Gasteiger partial charge in [-0.05, 0) is 83.1 Å². The largest absolute Gasteiger partial charge is 0.465 e. The van der Waals surface area contributed by atoms with Gasteiger partial charge in [0.05, 0.1) is 30.8 Å². The second-order valence-corrected chi connectivity index (χ2v) is 13.0. The second-order valence-electron chi connectivity index (χ2n) is 13.0. The third-order valence-corrected chi connectivity index (χ3v) is 9.71. The molecule has 0 radical (unpaired) electrons. The van der Waals surface area contributed by atoms with Crippen molar-refractivity contribution in [2.75, 3.05) is 42.6 Å². The van der Waals surface area contributed by atoms with Crippen molar-refractivity contribution in [2.45, 2.75) is 90.0 Å². The molecule has 1 aromatic rings. The van der Waals surface area contributed by atoms with Gasteiger partial charge in [0.25, 0.3) is 5.91 Å². The van der Waals surface area contributed by atoms with E-state index in [4.69, 9.17) is 9.47 Å². The predicted octanol–water partition coefficient (Wildman–Crippen LogP) is 4.73. The standard InChI is InChI=1S/C35H51N3O6/c1-8-12-13-21-43-33(42)29-28-31(40)38(27(23-39)22-24(5)6)30(35(28)19-18-34(29,7)44-35)32(41)37(20-9-2)26-16-14-25(15-17-26)36(10-3)11-4/h8-9,14-17,24,27-30,39H,1-2,10-13,18-23H2,3-7H3/t27-,28+,29+,30?,34-,35?/m1/s1. The van der Waals surface area contributed by atoms with E-state index in [1.165, 1.54) is 0 Å². The fourth-order valence-electron chi connectivity index (χ4n) is 7.74. The Hall–Kier alpha value is -3.17. The number of carbonyl (C=O) groups excluding carboxylic acids is 3. The van der Waals surface area contributed by atoms with E-state index in [0.717, 1.165) is 18.8 Å². The number of aliphatic hydroxyl groups is 1. The number of anilines is 2. The van der Waals surface area contributed by atoms with Gasteiger partial charge in [-0.15, -0.1) is 13.2 Å². The van der Waals surface area contributed by atoms with Crippen LogP contribution < -0.4 is 9.80 Å². The zero-order chi connectivity index (χ0) is 32.2. The third-order valence-electron chi connectivity index (χ3n) is 9.71. The number of esters is 1. The first kappa shape index (κ1) is 33.7. The minimum atomic E-state index is -1.21. The highest BCUT2D eigenvalue weighted by Gasteiger charge is 2.79. The van der Waals surface area contributed by atoms with Crippen LogP contribution in [0.5, 0.6) is 0 Å². The van der Waals surface area contributed by atoms with Crippen molar-refractivity contribution >= 4 is 29.2 Å². The third kappa shape index (κ3) is 5.93. The molecule has 0 saturated carbocycles. The number of nitrogens with zero attached hydrogens (tertiary/aromatic N) is 3. The fourth-order valence-corrected chi connectivity index (χ4v) is 7.74. The highest BCUT2D eigenvalue weighted by molar-refractivity contribution is 6.05. The molecule has 3 saturated heterocycles. The van der Waals surface area contributed by atoms with Crippen molar-refractivity contribution in [3.05, 3.63) is 49.6 Å². The van der Waals surface area contributed by atoms with Gasteiger partial charge in [0.15, 0.2) is 0 Å². The van der Waals surface area contributed by atoms with Gasteiger partial charge in [0.1, 0.15) is 17.6 Å². The van der Waals surface area contributed by atoms with Crippen molar-refractivity contribution in [2.24, 2.45) is 17.8 Å². The number of unbranched alkanes of at least 4 members (excludes halogenated alkanes) is 1. The summed E-state index contributed by atoms with van der Waals surface area (Å²) < 4.78 is 12.5. The molecule has 2 amide bonds. The van der Waals surface area contributed by atoms with E-state index in [0.29, 0.717) is 37.8 Å². The fraction of sp³-hybridized carbons (Fsp3) is 0.629. The molecule has 6 atom stereocenters. The van der Waals surface area contributed by atoms with E-state index < -0.39 is 41.1 Å². The van der Waals surface area contributed by atoms with Crippen LogP contribution in [0.1, 0.15) is 66.7 Å². The molecule has 9 nitrogen and oxygen atoms in total. The van der Waals surface area contributed by atoms with Crippen LogP contribution in [0.3, 0.4) is 0 Å². The van der Waals surface area contributed by atoms with Gasteiger partial charge >= 0.3 is 5.97 Å². The minimum Gasteiger partial charge on any atom is -0.465 e. The summed E-state index contributed by atoms with van der Waals surface area (Å²) in [6.07, 6.45) is 6.27. The minimum absolute atomic E-state index is 0.158. The summed E-state index contributed by atoms with van der Waals surface area (Å²) >= 11 is 0. The molecular formula is C35H51N3O6. The molecule has 2 bridgehead atoms. The molecule has 3 aliphatic heterocycles. The van der Waals surface area contributed by atoms with Crippen LogP contribution >= 0.6 is 0 Å². The van der Waals surface area contributed by atoms with Gasteiger partial charge in [0, 0.05) is 31.0 Å². The van der Waals surface area contributed by atoms with E-state index in [1.807, 2.05) is 45.0 Å². The van der Waals surface area contributed by atoms with Crippen LogP contribution in [-0.4, -0.2) is 83.9 Å². The van der Waals surface area contributed by atoms with Gasteiger partial charge < -0.3 is 29.3 Å². The van der Waals surface area contributed by atoms with Crippen LogP contribution in [-0.2, 0) is 23.9 Å². The number of fused-ring (bicyclic) bond motifs is 1. The normalized spacial score (nSPS) is 27.8. The molecule has 2 unspecified atom stereocenters. The van der Waals surface area contributed by atoms with E-state index in [1.54, 1.807) is 22.0 Å². The molecule has 9 heteroatoms. The zero-order valence-electron chi connectivity index (χ0n) is 27.2. The molecular weight excluding hydrogens is 558 g/mol. The number of hydrogen-bond donors (Lipinski definition) is 1. The Labute approximate surface area is 262 Å². The molecule has 44 heavy (non-hydrogen) atoms. The van der Waals surface area contributed by atoms with Crippen LogP contribution in [0.4, 0.5) is 11.4 Å². The van der Waals surface area contributed by atoms with Crippen molar-refractivity contribution in [3.63, 3.8) is 0 Å². The van der Waals surface area contributed by atoms with E-state index in [2.05, 4.69) is 31.9 Å². The molecule has 1 spiro atoms. The van der Waals surface area contributed by atoms with Crippen molar-refractivity contribution in [1.29, 1.82) is 0 Å². The lowest BCUT2D eigenvalue weighted by Gasteiger charge is -2.40. The summed E-state index contributed by atoms with van der Waals surface area (Å²) in [5, 5.41) is 10.6. The number of rotatable bonds is 16. The maximum Gasteiger partial charge on any atom is 0.312 e. The lowest BCUT2D eigenvalue weighted by Crippen LogP contribution is -2.59. The first-order chi connectivity index (χ1) is 21.0. The Morgan fingerprint density at radius 1 is 1.14 bits per heavy atom. The van der Waals surface area contributed by atoms with Crippen molar-refractivity contribution < 1.29 is 29.0 Å². The van der Waals surface area contributed by atoms with Gasteiger partial charge in [-0.25, -0.2) is 0 Å². The van der Waals surface area contributed by atoms with Gasteiger partial charge in [-0.3, -0.25) is 14.4 Å². The van der Waals surface area contributed by atoms with Gasteiger partial charge in [-0.1, -0.05) is 26.0 Å². The quantitative estimate of drug-likeness (QED) is 0.164. The molecule has 0 aliphatic carbocycles. The number of aliphatic hydroxyl groups excluding tert-OH is 1. The summed E-state index contributed by atoms with van der Waals surface area (Å²) in [6.45, 7) is 19.6. The van der Waals surface area contributed by atoms with E-state index >= 15 is 0 Å². The van der Waals surface area contributed by atoms with Crippen molar-refractivity contribution in [1.82, 2.24) is 4.90 Å². The maximum absolute atomic E-state index is 14.9. The van der Waals surface area contributed by atoms with Gasteiger partial charge in [0.2, 0.25) is 5.91 Å². The first-order valence-corrected chi connectivity index (χ1v) is 16.2. The van der Waals surface area contributed by atoms with Gasteiger partial charge in [-0.2, -0.15) is 0 Å². The number of amides is 2. The molecule has 3 fully saturated rings. The maximum atomic E-state index is 14.9. The summed E-state index contributed by atoms with van der Waals surface area (Å²) in [7, 11) is 0. The zero-order valence-corrected chi connectivity index (χ0v) is 27.2. The SMILES string of the molecule is C=CCCCOC(=O)[C@@H]1[C@H]2C(=O)N([C@@H](CO)CC(C)C)C(C(=O)N(CC=C)c3ccc(N(CC)CC)cc3)C23CC[C@@]1(C)O3. The molecule has 0 aromatic heterocycles. The number of hydrogen-bond acceptors (Lipinski definition) is 7. The molecule has 4 rings (SSSR count). The second kappa shape index (κ2) is 13.9. The van der Waals surface area contributed by atoms with Crippen LogP contribution in [0.25, 0.3) is 0 Å². The highest BCUT2D eigenvalue weighted by Crippen LogP contribution is 2.64. The Morgan fingerprint density at radius 2 is 1.80 bits per heavy atom. The Morgan fingerprint density at radius 3 is 2.36 bits per heavy atom. The van der Waals surface area contributed by atoms with E-state index in [9.17, 15) is 19.5 Å². The highest BCUT2D eigenvalue weighted by atomic mass is 16.6. The molecule has 3 heterocycles. The molecule has 242 valence electrons. The predicted molar refractivity (Wildman–Crippen MR) is 172 cm³/mol. The average molecular weight is 610 g/mol. The lowest BCUT2D eigenvalue weighted by molar-refractivity contribution is -0.160. The van der Waals surface area contributed by atoms with Crippen LogP contribution in [0.2, 0.25) is 0 Å².